The third-order valence-corrected chi connectivity index (χ3v) is 4.84. The van der Waals surface area contributed by atoms with E-state index in [0.29, 0.717) is 0 Å². The Hall–Kier alpha value is -0.0400. The van der Waals surface area contributed by atoms with E-state index < -0.39 is 0 Å². The number of unbranched alkanes of at least 4 members (excludes halogenated alkanes) is 16. The third-order valence-electron chi connectivity index (χ3n) is 4.84. The summed E-state index contributed by atoms with van der Waals surface area (Å²) in [6, 6.07) is 0. The summed E-state index contributed by atoms with van der Waals surface area (Å²) in [5, 5.41) is 4.69. The molecule has 0 bridgehead atoms. The number of hydrogen-bond acceptors (Lipinski definition) is 0. The number of rotatable bonds is 20. The molecule has 0 unspecified atom stereocenters. The summed E-state index contributed by atoms with van der Waals surface area (Å²) in [5.41, 5.74) is 0. The van der Waals surface area contributed by atoms with Gasteiger partial charge in [-0.25, -0.2) is 5.32 Å². The largest absolute Gasteiger partial charge is 0.242 e. The lowest BCUT2D eigenvalue weighted by atomic mass is 10.1. The van der Waals surface area contributed by atoms with Crippen molar-refractivity contribution in [2.45, 2.75) is 129 Å². The molecular formula is C22H46N. The van der Waals surface area contributed by atoms with E-state index in [4.69, 9.17) is 0 Å². The predicted molar refractivity (Wildman–Crippen MR) is 106 cm³/mol. The molecule has 0 fully saturated rings. The Balaban J connectivity index is 2.92. The van der Waals surface area contributed by atoms with Gasteiger partial charge < -0.3 is 0 Å². The summed E-state index contributed by atoms with van der Waals surface area (Å²) in [6.45, 7) is 6.82. The van der Waals surface area contributed by atoms with Crippen LogP contribution in [0, 0.1) is 0 Å². The first-order chi connectivity index (χ1) is 11.4. The Morgan fingerprint density at radius 3 is 0.913 bits per heavy atom. The van der Waals surface area contributed by atoms with E-state index >= 15 is 0 Å². The zero-order valence-corrected chi connectivity index (χ0v) is 16.6. The van der Waals surface area contributed by atoms with Gasteiger partial charge in [0.15, 0.2) is 0 Å². The van der Waals surface area contributed by atoms with Gasteiger partial charge in [-0.15, -0.1) is 0 Å². The monoisotopic (exact) mass is 324 g/mol. The van der Waals surface area contributed by atoms with Crippen molar-refractivity contribution >= 4 is 0 Å². The maximum absolute atomic E-state index is 4.69. The van der Waals surface area contributed by atoms with E-state index in [1.807, 2.05) is 0 Å². The lowest BCUT2D eigenvalue weighted by Gasteiger charge is -2.04. The number of nitrogens with zero attached hydrogens (tertiary/aromatic N) is 1. The molecule has 0 aliphatic rings. The fourth-order valence-corrected chi connectivity index (χ4v) is 3.18. The van der Waals surface area contributed by atoms with E-state index in [1.165, 1.54) is 116 Å². The van der Waals surface area contributed by atoms with Crippen molar-refractivity contribution in [2.75, 3.05) is 13.1 Å². The van der Waals surface area contributed by atoms with Gasteiger partial charge in [-0.2, -0.15) is 0 Å². The highest BCUT2D eigenvalue weighted by molar-refractivity contribution is 4.52. The maximum Gasteiger partial charge on any atom is 0.0133 e. The summed E-state index contributed by atoms with van der Waals surface area (Å²) in [5.74, 6) is 0. The SMILES string of the molecule is CCCCCCCCCCC[N]CCCCCCCCCCC. The van der Waals surface area contributed by atoms with Gasteiger partial charge in [0.05, 0.1) is 0 Å². The smallest absolute Gasteiger partial charge is 0.0133 e. The molecule has 0 saturated carbocycles. The molecule has 0 heterocycles. The Morgan fingerprint density at radius 1 is 0.348 bits per heavy atom. The Morgan fingerprint density at radius 2 is 0.609 bits per heavy atom. The second kappa shape index (κ2) is 22.0. The first-order valence-corrected chi connectivity index (χ1v) is 11.0. The summed E-state index contributed by atoms with van der Waals surface area (Å²) in [6.07, 6.45) is 25.5. The van der Waals surface area contributed by atoms with E-state index in [9.17, 15) is 0 Å². The molecule has 0 rings (SSSR count). The van der Waals surface area contributed by atoms with Crippen molar-refractivity contribution in [3.05, 3.63) is 0 Å². The fraction of sp³-hybridized carbons (Fsp3) is 1.00. The molecule has 23 heavy (non-hydrogen) atoms. The summed E-state index contributed by atoms with van der Waals surface area (Å²) >= 11 is 0. The van der Waals surface area contributed by atoms with Crippen LogP contribution in [0.5, 0.6) is 0 Å². The topological polar surface area (TPSA) is 14.1 Å². The van der Waals surface area contributed by atoms with Gasteiger partial charge >= 0.3 is 0 Å². The molecule has 1 radical (unpaired) electrons. The highest BCUT2D eigenvalue weighted by Gasteiger charge is 1.95. The minimum atomic E-state index is 1.12. The van der Waals surface area contributed by atoms with Crippen LogP contribution in [-0.4, -0.2) is 13.1 Å². The Labute approximate surface area is 148 Å². The molecular weight excluding hydrogens is 278 g/mol. The second-order valence-electron chi connectivity index (χ2n) is 7.33. The van der Waals surface area contributed by atoms with Gasteiger partial charge in [0.1, 0.15) is 0 Å². The molecule has 0 aliphatic carbocycles. The molecule has 0 aromatic carbocycles. The van der Waals surface area contributed by atoms with Gasteiger partial charge in [0.2, 0.25) is 0 Å². The average molecular weight is 325 g/mol. The molecule has 139 valence electrons. The van der Waals surface area contributed by atoms with Gasteiger partial charge in [0.25, 0.3) is 0 Å². The van der Waals surface area contributed by atoms with E-state index in [0.717, 1.165) is 13.1 Å². The van der Waals surface area contributed by atoms with Crippen LogP contribution >= 0.6 is 0 Å². The van der Waals surface area contributed by atoms with Crippen LogP contribution < -0.4 is 5.32 Å². The fourth-order valence-electron chi connectivity index (χ4n) is 3.18. The third kappa shape index (κ3) is 22.0. The summed E-state index contributed by atoms with van der Waals surface area (Å²) in [4.78, 5) is 0. The second-order valence-corrected chi connectivity index (χ2v) is 7.33. The van der Waals surface area contributed by atoms with Gasteiger partial charge in [-0.05, 0) is 12.8 Å². The lowest BCUT2D eigenvalue weighted by Crippen LogP contribution is -2.08. The van der Waals surface area contributed by atoms with Gasteiger partial charge in [0, 0.05) is 13.1 Å². The quantitative estimate of drug-likeness (QED) is 0.204. The first kappa shape index (κ1) is 23.0. The van der Waals surface area contributed by atoms with E-state index in [1.54, 1.807) is 0 Å². The molecule has 0 aromatic heterocycles. The molecule has 0 aromatic rings. The van der Waals surface area contributed by atoms with E-state index in [2.05, 4.69) is 19.2 Å². The van der Waals surface area contributed by atoms with Crippen molar-refractivity contribution in [3.63, 3.8) is 0 Å². The molecule has 0 saturated heterocycles. The maximum atomic E-state index is 4.69. The summed E-state index contributed by atoms with van der Waals surface area (Å²) < 4.78 is 0. The van der Waals surface area contributed by atoms with Crippen LogP contribution in [0.4, 0.5) is 0 Å². The zero-order valence-electron chi connectivity index (χ0n) is 16.6. The molecule has 1 nitrogen and oxygen atoms in total. The highest BCUT2D eigenvalue weighted by Crippen LogP contribution is 2.10. The summed E-state index contributed by atoms with van der Waals surface area (Å²) in [7, 11) is 0. The van der Waals surface area contributed by atoms with Crippen LogP contribution in [0.1, 0.15) is 129 Å². The molecule has 0 spiro atoms. The van der Waals surface area contributed by atoms with Crippen molar-refractivity contribution in [2.24, 2.45) is 0 Å². The minimum absolute atomic E-state index is 1.12. The van der Waals surface area contributed by atoms with Crippen molar-refractivity contribution in [3.8, 4) is 0 Å². The standard InChI is InChI=1S/C22H46N/c1-3-5-7-9-11-13-15-17-19-21-23-22-20-18-16-14-12-10-8-6-4-2/h3-22H2,1-2H3. The molecule has 0 atom stereocenters. The average Bonchev–Trinajstić information content (AvgIpc) is 2.57. The zero-order chi connectivity index (χ0) is 16.8. The molecule has 0 N–H and O–H groups in total. The lowest BCUT2D eigenvalue weighted by molar-refractivity contribution is 0.524. The van der Waals surface area contributed by atoms with Gasteiger partial charge in [-0.1, -0.05) is 117 Å². The van der Waals surface area contributed by atoms with Crippen LogP contribution in [0.25, 0.3) is 0 Å². The van der Waals surface area contributed by atoms with Crippen LogP contribution in [0.3, 0.4) is 0 Å². The van der Waals surface area contributed by atoms with E-state index in [-0.39, 0.29) is 0 Å². The van der Waals surface area contributed by atoms with Crippen molar-refractivity contribution < 1.29 is 0 Å². The molecule has 0 aliphatic heterocycles. The van der Waals surface area contributed by atoms with Gasteiger partial charge in [-0.3, -0.25) is 0 Å². The van der Waals surface area contributed by atoms with Crippen LogP contribution in [0.15, 0.2) is 0 Å². The highest BCUT2D eigenvalue weighted by atomic mass is 14.8. The first-order valence-electron chi connectivity index (χ1n) is 11.0. The van der Waals surface area contributed by atoms with Crippen LogP contribution in [0.2, 0.25) is 0 Å². The van der Waals surface area contributed by atoms with Crippen LogP contribution in [-0.2, 0) is 0 Å². The van der Waals surface area contributed by atoms with Crippen molar-refractivity contribution in [1.82, 2.24) is 5.32 Å². The Kier molecular flexibility index (Phi) is 21.9. The van der Waals surface area contributed by atoms with Crippen molar-refractivity contribution in [1.29, 1.82) is 0 Å². The Bertz CT molecular complexity index is 170. The predicted octanol–water partition coefficient (Wildman–Crippen LogP) is 7.65. The molecule has 0 amide bonds. The minimum Gasteiger partial charge on any atom is -0.242 e. The molecule has 1 heteroatoms. The number of hydrogen-bond donors (Lipinski definition) is 0. The normalized spacial score (nSPS) is 11.2.